The average molecular weight is 974 g/mol. The van der Waals surface area contributed by atoms with Crippen LogP contribution in [0.2, 0.25) is 0 Å². The summed E-state index contributed by atoms with van der Waals surface area (Å²) in [5.41, 5.74) is 5.37. The van der Waals surface area contributed by atoms with E-state index in [0.717, 1.165) is 89.9 Å². The lowest BCUT2D eigenvalue weighted by Crippen LogP contribution is -2.29. The van der Waals surface area contributed by atoms with Gasteiger partial charge in [0.1, 0.15) is 6.61 Å². The maximum absolute atomic E-state index is 12.7. The van der Waals surface area contributed by atoms with Gasteiger partial charge in [-0.25, -0.2) is 4.57 Å². The van der Waals surface area contributed by atoms with Crippen LogP contribution in [0.25, 0.3) is 0 Å². The van der Waals surface area contributed by atoms with E-state index < -0.39 is 26.5 Å². The number of phosphoric acid groups is 1. The minimum Gasteiger partial charge on any atom is -0.462 e. The van der Waals surface area contributed by atoms with Crippen molar-refractivity contribution >= 4 is 19.8 Å². The molecule has 0 amide bonds. The molecule has 0 aliphatic carbocycles. The first-order chi connectivity index (χ1) is 33.3. The van der Waals surface area contributed by atoms with Crippen molar-refractivity contribution in [3.05, 3.63) is 72.9 Å². The Morgan fingerprint density at radius 1 is 0.456 bits per heavy atom. The van der Waals surface area contributed by atoms with E-state index in [9.17, 15) is 19.0 Å². The van der Waals surface area contributed by atoms with Crippen LogP contribution in [0.5, 0.6) is 0 Å². The summed E-state index contributed by atoms with van der Waals surface area (Å²) in [7, 11) is -4.39. The molecule has 0 aromatic carbocycles. The van der Waals surface area contributed by atoms with Crippen LogP contribution < -0.4 is 5.73 Å². The fourth-order valence-corrected chi connectivity index (χ4v) is 8.48. The van der Waals surface area contributed by atoms with Gasteiger partial charge in [0, 0.05) is 19.4 Å². The van der Waals surface area contributed by atoms with E-state index in [4.69, 9.17) is 24.3 Å². The Morgan fingerprint density at radius 3 is 1.22 bits per heavy atom. The average Bonchev–Trinajstić information content (AvgIpc) is 3.33. The number of ether oxygens (including phenoxy) is 2. The molecule has 2 unspecified atom stereocenters. The fourth-order valence-electron chi connectivity index (χ4n) is 7.72. The summed E-state index contributed by atoms with van der Waals surface area (Å²) >= 11 is 0. The number of carbonyl (C=O) groups excluding carboxylic acids is 2. The lowest BCUT2D eigenvalue weighted by atomic mass is 10.0. The third-order valence-corrected chi connectivity index (χ3v) is 12.8. The Labute approximate surface area is 418 Å². The molecule has 0 saturated heterocycles. The van der Waals surface area contributed by atoms with Crippen molar-refractivity contribution in [3.8, 4) is 0 Å². The monoisotopic (exact) mass is 974 g/mol. The zero-order valence-electron chi connectivity index (χ0n) is 43.8. The Morgan fingerprint density at radius 2 is 0.809 bits per heavy atom. The van der Waals surface area contributed by atoms with Crippen LogP contribution in [0, 0.1) is 0 Å². The lowest BCUT2D eigenvalue weighted by Gasteiger charge is -2.19. The van der Waals surface area contributed by atoms with Gasteiger partial charge >= 0.3 is 19.8 Å². The molecule has 0 heterocycles. The number of unbranched alkanes of at least 4 members (excludes halogenated alkanes) is 27. The molecule has 0 fully saturated rings. The maximum Gasteiger partial charge on any atom is 0.472 e. The smallest absolute Gasteiger partial charge is 0.462 e. The molecule has 10 heteroatoms. The summed E-state index contributed by atoms with van der Waals surface area (Å²) < 4.78 is 32.9. The molecule has 2 atom stereocenters. The van der Waals surface area contributed by atoms with Crippen molar-refractivity contribution < 1.29 is 37.6 Å². The highest BCUT2D eigenvalue weighted by Crippen LogP contribution is 2.43. The van der Waals surface area contributed by atoms with E-state index in [2.05, 4.69) is 86.8 Å². The molecule has 0 saturated carbocycles. The van der Waals surface area contributed by atoms with Crippen LogP contribution >= 0.6 is 7.82 Å². The van der Waals surface area contributed by atoms with E-state index in [1.54, 1.807) is 0 Å². The number of rotatable bonds is 52. The van der Waals surface area contributed by atoms with Crippen molar-refractivity contribution in [1.82, 2.24) is 0 Å². The van der Waals surface area contributed by atoms with Gasteiger partial charge in [-0.2, -0.15) is 0 Å². The van der Waals surface area contributed by atoms with Gasteiger partial charge < -0.3 is 20.1 Å². The van der Waals surface area contributed by atoms with Crippen LogP contribution in [-0.4, -0.2) is 49.3 Å². The standard InChI is InChI=1S/C58H104NO8P/c1-3-5-7-9-11-13-15-17-19-20-21-22-23-24-25-26-27-28-29-30-31-32-33-34-35-36-37-39-41-43-45-47-49-51-58(61)67-56(55-66-68(62,63)65-53-52-59)54-64-57(60)50-48-46-44-42-40-38-18-16-14-12-10-8-6-4-2/h5,7,11,13,16-19,21-22,24-25,56H,3-4,6,8-10,12,14-15,20,23,26-55,59H2,1-2H3,(H,62,63)/b7-5-,13-11-,18-16-,19-17-,22-21-,25-24-. The Balaban J connectivity index is 3.90. The molecular formula is C58H104NO8P. The molecule has 9 nitrogen and oxygen atoms in total. The Hall–Kier alpha value is -2.55. The number of hydrogen-bond donors (Lipinski definition) is 2. The van der Waals surface area contributed by atoms with Gasteiger partial charge in [-0.05, 0) is 83.5 Å². The topological polar surface area (TPSA) is 134 Å². The largest absolute Gasteiger partial charge is 0.472 e. The maximum atomic E-state index is 12.7. The van der Waals surface area contributed by atoms with Gasteiger partial charge in [-0.1, -0.05) is 228 Å². The Kier molecular flexibility index (Phi) is 51.8. The summed E-state index contributed by atoms with van der Waals surface area (Å²) in [6.45, 7) is 3.62. The summed E-state index contributed by atoms with van der Waals surface area (Å²) in [5, 5.41) is 0. The minimum absolute atomic E-state index is 0.0514. The zero-order chi connectivity index (χ0) is 49.5. The highest BCUT2D eigenvalue weighted by molar-refractivity contribution is 7.47. The minimum atomic E-state index is -4.39. The lowest BCUT2D eigenvalue weighted by molar-refractivity contribution is -0.161. The van der Waals surface area contributed by atoms with Gasteiger partial charge in [-0.3, -0.25) is 18.6 Å². The third-order valence-electron chi connectivity index (χ3n) is 11.8. The molecule has 0 radical (unpaired) electrons. The first kappa shape index (κ1) is 65.5. The van der Waals surface area contributed by atoms with Crippen molar-refractivity contribution in [1.29, 1.82) is 0 Å². The fraction of sp³-hybridized carbons (Fsp3) is 0.759. The van der Waals surface area contributed by atoms with Gasteiger partial charge in [0.2, 0.25) is 0 Å². The number of allylic oxidation sites excluding steroid dienone is 12. The molecule has 0 aromatic rings. The molecule has 68 heavy (non-hydrogen) atoms. The van der Waals surface area contributed by atoms with E-state index in [1.807, 2.05) is 0 Å². The second-order valence-electron chi connectivity index (χ2n) is 18.4. The quantitative estimate of drug-likeness (QED) is 0.0264. The van der Waals surface area contributed by atoms with Gasteiger partial charge in [0.25, 0.3) is 0 Å². The van der Waals surface area contributed by atoms with Crippen molar-refractivity contribution in [3.63, 3.8) is 0 Å². The molecule has 0 aromatic heterocycles. The molecule has 0 aliphatic heterocycles. The molecule has 0 aliphatic rings. The first-order valence-electron chi connectivity index (χ1n) is 27.9. The number of carbonyl (C=O) groups is 2. The van der Waals surface area contributed by atoms with Gasteiger partial charge in [0.05, 0.1) is 13.2 Å². The number of esters is 2. The SMILES string of the molecule is CC/C=C\C/C=C\C/C=C\C/C=C\C/C=C\CCCCCCCCCCCCCCCCCCCC(=O)OC(COC(=O)CCCCCCC/C=C\CCCCCCC)COP(=O)(O)OCCN. The molecular weight excluding hydrogens is 870 g/mol. The summed E-state index contributed by atoms with van der Waals surface area (Å²) in [6, 6.07) is 0. The molecule has 0 bridgehead atoms. The van der Waals surface area contributed by atoms with Crippen LogP contribution in [0.15, 0.2) is 72.9 Å². The molecule has 394 valence electrons. The molecule has 3 N–H and O–H groups in total. The first-order valence-corrected chi connectivity index (χ1v) is 29.4. The third kappa shape index (κ3) is 52.8. The highest BCUT2D eigenvalue weighted by Gasteiger charge is 2.26. The predicted octanol–water partition coefficient (Wildman–Crippen LogP) is 17.3. The molecule has 0 spiro atoms. The number of nitrogens with two attached hydrogens (primary N) is 1. The second kappa shape index (κ2) is 53.8. The molecule has 0 rings (SSSR count). The summed E-state index contributed by atoms with van der Waals surface area (Å²) in [6.07, 6.45) is 68.2. The zero-order valence-corrected chi connectivity index (χ0v) is 44.7. The number of hydrogen-bond acceptors (Lipinski definition) is 8. The normalized spacial score (nSPS) is 13.6. The van der Waals surface area contributed by atoms with Crippen LogP contribution in [0.1, 0.15) is 251 Å². The van der Waals surface area contributed by atoms with Crippen LogP contribution in [0.3, 0.4) is 0 Å². The predicted molar refractivity (Wildman–Crippen MR) is 289 cm³/mol. The van der Waals surface area contributed by atoms with E-state index in [-0.39, 0.29) is 38.6 Å². The number of phosphoric ester groups is 1. The van der Waals surface area contributed by atoms with Crippen molar-refractivity contribution in [2.45, 2.75) is 258 Å². The Bertz CT molecular complexity index is 1340. The summed E-state index contributed by atoms with van der Waals surface area (Å²) in [4.78, 5) is 35.1. The van der Waals surface area contributed by atoms with E-state index in [0.29, 0.717) is 6.42 Å². The van der Waals surface area contributed by atoms with Crippen molar-refractivity contribution in [2.24, 2.45) is 5.73 Å². The van der Waals surface area contributed by atoms with Gasteiger partial charge in [0.15, 0.2) is 6.10 Å². The highest BCUT2D eigenvalue weighted by atomic mass is 31.2. The van der Waals surface area contributed by atoms with E-state index in [1.165, 1.54) is 128 Å². The second-order valence-corrected chi connectivity index (χ2v) is 19.9. The van der Waals surface area contributed by atoms with Crippen LogP contribution in [-0.2, 0) is 32.7 Å². The van der Waals surface area contributed by atoms with E-state index >= 15 is 0 Å². The van der Waals surface area contributed by atoms with Gasteiger partial charge in [-0.15, -0.1) is 0 Å². The van der Waals surface area contributed by atoms with Crippen LogP contribution in [0.4, 0.5) is 0 Å². The van der Waals surface area contributed by atoms with Crippen molar-refractivity contribution in [2.75, 3.05) is 26.4 Å². The summed E-state index contributed by atoms with van der Waals surface area (Å²) in [5.74, 6) is -0.833.